The van der Waals surface area contributed by atoms with Crippen LogP contribution in [0.1, 0.15) is 67.7 Å². The van der Waals surface area contributed by atoms with Crippen LogP contribution in [-0.4, -0.2) is 30.1 Å². The maximum atomic E-state index is 13.1. The highest BCUT2D eigenvalue weighted by atomic mass is 32.1. The number of hydrogen-bond donors (Lipinski definition) is 1. The summed E-state index contributed by atoms with van der Waals surface area (Å²) >= 11 is 6.01. The molecule has 0 aliphatic heterocycles. The van der Waals surface area contributed by atoms with Crippen molar-refractivity contribution in [3.8, 4) is 5.75 Å². The van der Waals surface area contributed by atoms with Crippen molar-refractivity contribution >= 4 is 37.2 Å². The first kappa shape index (κ1) is 32.6. The average molecular weight is 601 g/mol. The number of thiocarbonyl (C=S) groups is 1. The second-order valence-corrected chi connectivity index (χ2v) is 10.9. The van der Waals surface area contributed by atoms with Crippen LogP contribution in [-0.2, 0) is 12.6 Å². The standard InChI is InChI=1S/C31H34F3N2OPS.C2H6/c1-21-12-17-26(20-27(21)37-2)36(19-18-22-13-15-24(16-14-22)31(32,33)34)30(38)28(23-8-4-3-5-9-23)29(39)35-25-10-6-7-11-25;1-2/h3-5,8-9,12-17,20,25,28,38H,6-7,10-11,18-19H2,1-2H3,(H,35,39);1-2H3. The lowest BCUT2D eigenvalue weighted by Gasteiger charge is -2.33. The molecule has 0 amide bonds. The fourth-order valence-electron chi connectivity index (χ4n) is 5.06. The summed E-state index contributed by atoms with van der Waals surface area (Å²) in [6.07, 6.45) is 0.778. The van der Waals surface area contributed by atoms with Crippen LogP contribution in [0.25, 0.3) is 0 Å². The molecule has 1 saturated carbocycles. The minimum Gasteiger partial charge on any atom is -0.496 e. The lowest BCUT2D eigenvalue weighted by molar-refractivity contribution is -0.137. The van der Waals surface area contributed by atoms with Crippen LogP contribution in [0.4, 0.5) is 18.9 Å². The van der Waals surface area contributed by atoms with E-state index in [4.69, 9.17) is 17.0 Å². The van der Waals surface area contributed by atoms with Crippen LogP contribution < -0.4 is 15.0 Å². The number of nitrogens with one attached hydrogen (secondary N) is 1. The molecule has 4 rings (SSSR count). The zero-order valence-corrected chi connectivity index (χ0v) is 26.0. The third kappa shape index (κ3) is 8.80. The normalized spacial score (nSPS) is 14.0. The van der Waals surface area contributed by atoms with Gasteiger partial charge in [0.1, 0.15) is 5.75 Å². The largest absolute Gasteiger partial charge is 0.496 e. The zero-order chi connectivity index (χ0) is 30.0. The van der Waals surface area contributed by atoms with E-state index >= 15 is 0 Å². The summed E-state index contributed by atoms with van der Waals surface area (Å²) in [4.78, 5) is 2.88. The fourth-order valence-corrected chi connectivity index (χ4v) is 6.13. The Bertz CT molecular complexity index is 1280. The number of halogens is 3. The van der Waals surface area contributed by atoms with Gasteiger partial charge in [0.25, 0.3) is 0 Å². The molecule has 8 heteroatoms. The van der Waals surface area contributed by atoms with E-state index in [1.165, 1.54) is 12.8 Å². The molecule has 41 heavy (non-hydrogen) atoms. The van der Waals surface area contributed by atoms with Gasteiger partial charge in [-0.25, -0.2) is 0 Å². The lowest BCUT2D eigenvalue weighted by Crippen LogP contribution is -2.43. The van der Waals surface area contributed by atoms with Gasteiger partial charge in [0.15, 0.2) is 0 Å². The summed E-state index contributed by atoms with van der Waals surface area (Å²) in [5.41, 5.74) is 3.99. The first-order valence-corrected chi connectivity index (χ1v) is 15.1. The number of ether oxygens (including phenoxy) is 1. The van der Waals surface area contributed by atoms with Gasteiger partial charge in [0, 0.05) is 24.3 Å². The van der Waals surface area contributed by atoms with Crippen LogP contribution in [0.15, 0.2) is 72.8 Å². The maximum absolute atomic E-state index is 13.1. The summed E-state index contributed by atoms with van der Waals surface area (Å²) in [5.74, 6) is 0.521. The number of alkyl halides is 3. The van der Waals surface area contributed by atoms with E-state index in [0.29, 0.717) is 19.0 Å². The van der Waals surface area contributed by atoms with Crippen molar-refractivity contribution in [1.82, 2.24) is 5.32 Å². The van der Waals surface area contributed by atoms with Gasteiger partial charge in [0.05, 0.1) is 29.0 Å². The maximum Gasteiger partial charge on any atom is 0.416 e. The Balaban J connectivity index is 0.00000226. The van der Waals surface area contributed by atoms with Crippen molar-refractivity contribution < 1.29 is 17.9 Å². The van der Waals surface area contributed by atoms with Gasteiger partial charge in [-0.05, 0) is 61.1 Å². The zero-order valence-electron chi connectivity index (χ0n) is 24.2. The molecular formula is C33H40F3N2OPS. The molecule has 0 aromatic heterocycles. The van der Waals surface area contributed by atoms with Crippen LogP contribution in [0.5, 0.6) is 5.75 Å². The molecule has 0 saturated heterocycles. The quantitative estimate of drug-likeness (QED) is 0.185. The number of anilines is 1. The third-order valence-electron chi connectivity index (χ3n) is 7.27. The Hall–Kier alpha value is -2.89. The van der Waals surface area contributed by atoms with Crippen molar-refractivity contribution in [2.24, 2.45) is 0 Å². The second kappa shape index (κ2) is 15.4. The Morgan fingerprint density at radius 1 is 1.02 bits per heavy atom. The number of aryl methyl sites for hydroxylation is 1. The predicted octanol–water partition coefficient (Wildman–Crippen LogP) is 9.01. The van der Waals surface area contributed by atoms with E-state index < -0.39 is 11.7 Å². The van der Waals surface area contributed by atoms with Crippen molar-refractivity contribution in [2.45, 2.75) is 71.0 Å². The van der Waals surface area contributed by atoms with Crippen molar-refractivity contribution in [3.05, 3.63) is 95.1 Å². The summed E-state index contributed by atoms with van der Waals surface area (Å²) < 4.78 is 44.9. The summed E-state index contributed by atoms with van der Waals surface area (Å²) in [7, 11) is 5.65. The van der Waals surface area contributed by atoms with E-state index in [0.717, 1.165) is 63.5 Å². The second-order valence-electron chi connectivity index (χ2n) is 9.97. The van der Waals surface area contributed by atoms with Gasteiger partial charge in [-0.15, -0.1) is 0 Å². The summed E-state index contributed by atoms with van der Waals surface area (Å²) in [6, 6.07) is 21.9. The van der Waals surface area contributed by atoms with Crippen molar-refractivity contribution in [2.75, 3.05) is 18.6 Å². The molecule has 0 heterocycles. The highest BCUT2D eigenvalue weighted by Crippen LogP contribution is 2.32. The van der Waals surface area contributed by atoms with Crippen LogP contribution in [0.3, 0.4) is 0 Å². The van der Waals surface area contributed by atoms with Crippen LogP contribution >= 0.6 is 21.1 Å². The summed E-state index contributed by atoms with van der Waals surface area (Å²) in [6.45, 7) is 6.51. The number of nitrogens with zero attached hydrogens (tertiary/aromatic N) is 1. The van der Waals surface area contributed by atoms with E-state index in [1.54, 1.807) is 19.2 Å². The first-order valence-electron chi connectivity index (χ1n) is 14.2. The average Bonchev–Trinajstić information content (AvgIpc) is 3.48. The molecular weight excluding hydrogens is 560 g/mol. The lowest BCUT2D eigenvalue weighted by atomic mass is 9.96. The molecule has 3 aromatic rings. The van der Waals surface area contributed by atoms with Crippen LogP contribution in [0, 0.1) is 6.92 Å². The smallest absolute Gasteiger partial charge is 0.416 e. The number of hydrogen-bond acceptors (Lipinski definition) is 2. The van der Waals surface area contributed by atoms with E-state index in [1.807, 2.05) is 57.2 Å². The molecule has 220 valence electrons. The highest BCUT2D eigenvalue weighted by molar-refractivity contribution is 7.80. The van der Waals surface area contributed by atoms with E-state index in [9.17, 15) is 13.2 Å². The Kier molecular flexibility index (Phi) is 12.2. The van der Waals surface area contributed by atoms with Crippen molar-refractivity contribution in [1.29, 1.82) is 0 Å². The Labute approximate surface area is 250 Å². The van der Waals surface area contributed by atoms with Gasteiger partial charge in [-0.3, -0.25) is 0 Å². The number of methoxy groups -OCH3 is 1. The molecule has 1 unspecified atom stereocenters. The first-order chi connectivity index (χ1) is 19.7. The topological polar surface area (TPSA) is 24.5 Å². The minimum absolute atomic E-state index is 0.238. The number of benzene rings is 3. The molecule has 1 aliphatic rings. The van der Waals surface area contributed by atoms with Crippen molar-refractivity contribution in [3.63, 3.8) is 0 Å². The van der Waals surface area contributed by atoms with Gasteiger partial charge in [-0.1, -0.05) is 96.3 Å². The molecule has 0 spiro atoms. The fraction of sp³-hybridized carbons (Fsp3) is 0.394. The van der Waals surface area contributed by atoms with Gasteiger partial charge in [0.2, 0.25) is 0 Å². The van der Waals surface area contributed by atoms with Gasteiger partial charge in [-0.2, -0.15) is 13.2 Å². The van der Waals surface area contributed by atoms with E-state index in [2.05, 4.69) is 31.2 Å². The SMILES string of the molecule is CC.COc1cc(N(CCc2ccc(C(F)(F)F)cc2)C(=P)C(C(=S)NC2CCCC2)c2ccccc2)ccc1C. The van der Waals surface area contributed by atoms with E-state index in [-0.39, 0.29) is 5.92 Å². The molecule has 1 N–H and O–H groups in total. The molecule has 3 nitrogen and oxygen atoms in total. The minimum atomic E-state index is -4.36. The molecule has 1 fully saturated rings. The summed E-state index contributed by atoms with van der Waals surface area (Å²) in [5, 5.41) is 3.61. The molecule has 0 radical (unpaired) electrons. The van der Waals surface area contributed by atoms with Gasteiger partial charge >= 0.3 is 6.18 Å². The molecule has 3 aromatic carbocycles. The number of rotatable bonds is 10. The molecule has 1 aliphatic carbocycles. The monoisotopic (exact) mass is 600 g/mol. The highest BCUT2D eigenvalue weighted by Gasteiger charge is 2.31. The Morgan fingerprint density at radius 3 is 2.24 bits per heavy atom. The van der Waals surface area contributed by atoms with Crippen LogP contribution in [0.2, 0.25) is 0 Å². The Morgan fingerprint density at radius 2 is 1.66 bits per heavy atom. The molecule has 0 bridgehead atoms. The molecule has 1 atom stereocenters. The third-order valence-corrected chi connectivity index (χ3v) is 8.18. The predicted molar refractivity (Wildman–Crippen MR) is 172 cm³/mol. The van der Waals surface area contributed by atoms with Gasteiger partial charge < -0.3 is 15.0 Å².